The van der Waals surface area contributed by atoms with Crippen molar-refractivity contribution in [3.63, 3.8) is 0 Å². The first-order chi connectivity index (χ1) is 7.09. The van der Waals surface area contributed by atoms with Gasteiger partial charge in [-0.05, 0) is 12.1 Å². The number of nitrogens with one attached hydrogen (secondary N) is 1. The van der Waals surface area contributed by atoms with Gasteiger partial charge in [0.25, 0.3) is 6.43 Å². The lowest BCUT2D eigenvalue weighted by molar-refractivity contribution is 0.0691. The molecule has 0 radical (unpaired) electrons. The summed E-state index contributed by atoms with van der Waals surface area (Å²) >= 11 is 0. The van der Waals surface area contributed by atoms with E-state index >= 15 is 0 Å². The van der Waals surface area contributed by atoms with Crippen molar-refractivity contribution < 1.29 is 18.7 Å². The molecule has 78 valence electrons. The molecule has 0 amide bonds. The number of fused-ring (bicyclic) bond motifs is 1. The molecule has 0 spiro atoms. The van der Waals surface area contributed by atoms with Gasteiger partial charge in [0.15, 0.2) is 0 Å². The Labute approximate surface area is 83.3 Å². The molecule has 0 aliphatic rings. The van der Waals surface area contributed by atoms with Crippen LogP contribution < -0.4 is 0 Å². The third kappa shape index (κ3) is 1.56. The molecule has 1 heterocycles. The topological polar surface area (TPSA) is 53.1 Å². The lowest BCUT2D eigenvalue weighted by Crippen LogP contribution is -1.94. The highest BCUT2D eigenvalue weighted by Gasteiger charge is 2.14. The molecule has 0 saturated heterocycles. The van der Waals surface area contributed by atoms with Crippen molar-refractivity contribution in [2.24, 2.45) is 0 Å². The number of rotatable bonds is 2. The molecule has 2 N–H and O–H groups in total. The summed E-state index contributed by atoms with van der Waals surface area (Å²) in [6, 6.07) is 5.53. The first-order valence-electron chi connectivity index (χ1n) is 4.22. The summed E-state index contributed by atoms with van der Waals surface area (Å²) in [4.78, 5) is 13.2. The third-order valence-electron chi connectivity index (χ3n) is 2.16. The van der Waals surface area contributed by atoms with Crippen molar-refractivity contribution in [2.75, 3.05) is 0 Å². The average molecular weight is 211 g/mol. The van der Waals surface area contributed by atoms with Gasteiger partial charge < -0.3 is 10.1 Å². The van der Waals surface area contributed by atoms with E-state index < -0.39 is 12.4 Å². The minimum absolute atomic E-state index is 0.0851. The van der Waals surface area contributed by atoms with Gasteiger partial charge >= 0.3 is 5.97 Å². The molecule has 2 rings (SSSR count). The number of benzene rings is 1. The van der Waals surface area contributed by atoms with Gasteiger partial charge in [-0.3, -0.25) is 0 Å². The molecule has 3 nitrogen and oxygen atoms in total. The number of carboxylic acids is 1. The molecule has 0 saturated carbocycles. The summed E-state index contributed by atoms with van der Waals surface area (Å²) in [5, 5.41) is 8.95. The SMILES string of the molecule is O=C(O)c1cc2c(C(F)F)cccc2[nH]1. The Kier molecular flexibility index (Phi) is 2.15. The van der Waals surface area contributed by atoms with E-state index in [-0.39, 0.29) is 16.6 Å². The summed E-state index contributed by atoms with van der Waals surface area (Å²) in [5.41, 5.74) is 0.166. The van der Waals surface area contributed by atoms with Gasteiger partial charge in [-0.15, -0.1) is 0 Å². The highest BCUT2D eigenvalue weighted by Crippen LogP contribution is 2.28. The van der Waals surface area contributed by atoms with Crippen LogP contribution in [0.15, 0.2) is 24.3 Å². The van der Waals surface area contributed by atoms with Crippen LogP contribution in [0.25, 0.3) is 10.9 Å². The van der Waals surface area contributed by atoms with Crippen molar-refractivity contribution in [3.05, 3.63) is 35.5 Å². The monoisotopic (exact) mass is 211 g/mol. The predicted octanol–water partition coefficient (Wildman–Crippen LogP) is 2.80. The smallest absolute Gasteiger partial charge is 0.352 e. The maximum Gasteiger partial charge on any atom is 0.352 e. The number of aromatic carboxylic acids is 1. The number of hydrogen-bond donors (Lipinski definition) is 2. The molecule has 0 aliphatic heterocycles. The minimum atomic E-state index is -2.61. The Hall–Kier alpha value is -1.91. The maximum absolute atomic E-state index is 12.5. The van der Waals surface area contributed by atoms with Crippen LogP contribution in [0.5, 0.6) is 0 Å². The highest BCUT2D eigenvalue weighted by atomic mass is 19.3. The van der Waals surface area contributed by atoms with Crippen molar-refractivity contribution in [2.45, 2.75) is 6.43 Å². The van der Waals surface area contributed by atoms with Gasteiger partial charge in [-0.25, -0.2) is 13.6 Å². The van der Waals surface area contributed by atoms with Crippen molar-refractivity contribution in [3.8, 4) is 0 Å². The molecular formula is C10H7F2NO2. The van der Waals surface area contributed by atoms with Crippen LogP contribution in [0.1, 0.15) is 22.5 Å². The number of halogens is 2. The van der Waals surface area contributed by atoms with Crippen LogP contribution in [-0.2, 0) is 0 Å². The zero-order valence-electron chi connectivity index (χ0n) is 7.50. The fraction of sp³-hybridized carbons (Fsp3) is 0.100. The van der Waals surface area contributed by atoms with Gasteiger partial charge in [-0.1, -0.05) is 12.1 Å². The zero-order chi connectivity index (χ0) is 11.0. The fourth-order valence-electron chi connectivity index (χ4n) is 1.48. The second kappa shape index (κ2) is 3.34. The quantitative estimate of drug-likeness (QED) is 0.802. The van der Waals surface area contributed by atoms with E-state index in [9.17, 15) is 13.6 Å². The van der Waals surface area contributed by atoms with E-state index in [1.807, 2.05) is 0 Å². The Morgan fingerprint density at radius 2 is 2.13 bits per heavy atom. The molecule has 1 aromatic heterocycles. The molecule has 15 heavy (non-hydrogen) atoms. The van der Waals surface area contributed by atoms with Crippen LogP contribution in [0.3, 0.4) is 0 Å². The molecule has 0 bridgehead atoms. The first kappa shape index (κ1) is 9.64. The molecule has 1 aromatic carbocycles. The minimum Gasteiger partial charge on any atom is -0.477 e. The molecule has 5 heteroatoms. The fourth-order valence-corrected chi connectivity index (χ4v) is 1.48. The van der Waals surface area contributed by atoms with E-state index in [1.165, 1.54) is 18.2 Å². The summed E-state index contributed by atoms with van der Waals surface area (Å²) in [5.74, 6) is -1.16. The van der Waals surface area contributed by atoms with Gasteiger partial charge in [0.1, 0.15) is 5.69 Å². The van der Waals surface area contributed by atoms with Crippen LogP contribution in [-0.4, -0.2) is 16.1 Å². The lowest BCUT2D eigenvalue weighted by atomic mass is 10.1. The van der Waals surface area contributed by atoms with Gasteiger partial charge in [-0.2, -0.15) is 0 Å². The van der Waals surface area contributed by atoms with E-state index in [2.05, 4.69) is 4.98 Å². The molecule has 0 aliphatic carbocycles. The van der Waals surface area contributed by atoms with Gasteiger partial charge in [0, 0.05) is 16.5 Å². The van der Waals surface area contributed by atoms with Crippen molar-refractivity contribution in [1.82, 2.24) is 4.98 Å². The Balaban J connectivity index is 2.69. The largest absolute Gasteiger partial charge is 0.477 e. The van der Waals surface area contributed by atoms with E-state index in [0.29, 0.717) is 5.52 Å². The molecule has 0 atom stereocenters. The van der Waals surface area contributed by atoms with Gasteiger partial charge in [0.05, 0.1) is 0 Å². The predicted molar refractivity (Wildman–Crippen MR) is 50.2 cm³/mol. The number of H-pyrrole nitrogens is 1. The second-order valence-electron chi connectivity index (χ2n) is 3.10. The Bertz CT molecular complexity index is 519. The molecule has 0 fully saturated rings. The third-order valence-corrected chi connectivity index (χ3v) is 2.16. The molecular weight excluding hydrogens is 204 g/mol. The highest BCUT2D eigenvalue weighted by molar-refractivity contribution is 5.95. The number of alkyl halides is 2. The van der Waals surface area contributed by atoms with Crippen molar-refractivity contribution >= 4 is 16.9 Å². The summed E-state index contributed by atoms with van der Waals surface area (Å²) < 4.78 is 25.1. The number of hydrogen-bond acceptors (Lipinski definition) is 1. The standard InChI is InChI=1S/C10H7F2NO2/c11-9(12)5-2-1-3-7-6(5)4-8(13-7)10(14)15/h1-4,9,13H,(H,14,15). The number of aromatic nitrogens is 1. The van der Waals surface area contributed by atoms with E-state index in [4.69, 9.17) is 5.11 Å². The summed E-state index contributed by atoms with van der Waals surface area (Å²) in [6.45, 7) is 0. The summed E-state index contributed by atoms with van der Waals surface area (Å²) in [7, 11) is 0. The second-order valence-corrected chi connectivity index (χ2v) is 3.10. The van der Waals surface area contributed by atoms with Crippen LogP contribution in [0.2, 0.25) is 0 Å². The average Bonchev–Trinajstić information content (AvgIpc) is 2.60. The van der Waals surface area contributed by atoms with Crippen LogP contribution >= 0.6 is 0 Å². The van der Waals surface area contributed by atoms with Gasteiger partial charge in [0.2, 0.25) is 0 Å². The van der Waals surface area contributed by atoms with E-state index in [0.717, 1.165) is 0 Å². The normalized spacial score (nSPS) is 11.1. The first-order valence-corrected chi connectivity index (χ1v) is 4.22. The zero-order valence-corrected chi connectivity index (χ0v) is 7.50. The Morgan fingerprint density at radius 3 is 2.73 bits per heavy atom. The van der Waals surface area contributed by atoms with Crippen molar-refractivity contribution in [1.29, 1.82) is 0 Å². The number of carbonyl (C=O) groups is 1. The maximum atomic E-state index is 12.5. The lowest BCUT2D eigenvalue weighted by Gasteiger charge is -1.99. The van der Waals surface area contributed by atoms with Crippen LogP contribution in [0, 0.1) is 0 Å². The number of carboxylic acid groups (broad SMARTS) is 1. The molecule has 2 aromatic rings. The molecule has 0 unspecified atom stereocenters. The van der Waals surface area contributed by atoms with Crippen LogP contribution in [0.4, 0.5) is 8.78 Å². The van der Waals surface area contributed by atoms with E-state index in [1.54, 1.807) is 6.07 Å². The summed E-state index contributed by atoms with van der Waals surface area (Å²) in [6.07, 6.45) is -2.61. The number of aromatic amines is 1. The Morgan fingerprint density at radius 1 is 1.40 bits per heavy atom.